The lowest BCUT2D eigenvalue weighted by molar-refractivity contribution is -0.137. The minimum Gasteiger partial charge on any atom is -0.372 e. The van der Waals surface area contributed by atoms with Gasteiger partial charge in [-0.05, 0) is 37.0 Å². The van der Waals surface area contributed by atoms with Crippen molar-refractivity contribution in [3.63, 3.8) is 0 Å². The van der Waals surface area contributed by atoms with Crippen LogP contribution < -0.4 is 5.32 Å². The van der Waals surface area contributed by atoms with Crippen molar-refractivity contribution in [3.05, 3.63) is 28.8 Å². The summed E-state index contributed by atoms with van der Waals surface area (Å²) < 4.78 is 38.0. The van der Waals surface area contributed by atoms with Crippen LogP contribution in [-0.4, -0.2) is 29.9 Å². The molecular formula is C16H20ClF3N2O. The van der Waals surface area contributed by atoms with Crippen LogP contribution in [0.5, 0.6) is 0 Å². The van der Waals surface area contributed by atoms with Gasteiger partial charge in [0.2, 0.25) is 5.91 Å². The molecule has 128 valence electrons. The fourth-order valence-electron chi connectivity index (χ4n) is 2.62. The van der Waals surface area contributed by atoms with Gasteiger partial charge in [-0.1, -0.05) is 25.4 Å². The van der Waals surface area contributed by atoms with E-state index in [1.54, 1.807) is 4.90 Å². The highest BCUT2D eigenvalue weighted by molar-refractivity contribution is 6.33. The second-order valence-corrected chi connectivity index (χ2v) is 6.50. The molecule has 1 unspecified atom stereocenters. The highest BCUT2D eigenvalue weighted by atomic mass is 35.5. The molecule has 1 N–H and O–H groups in total. The lowest BCUT2D eigenvalue weighted by Gasteiger charge is -2.28. The quantitative estimate of drug-likeness (QED) is 0.873. The van der Waals surface area contributed by atoms with E-state index in [-0.39, 0.29) is 16.8 Å². The lowest BCUT2D eigenvalue weighted by atomic mass is 10.0. The Hall–Kier alpha value is -1.43. The van der Waals surface area contributed by atoms with E-state index in [9.17, 15) is 18.0 Å². The van der Waals surface area contributed by atoms with Crippen LogP contribution in [0.1, 0.15) is 32.3 Å². The third-order valence-corrected chi connectivity index (χ3v) is 4.27. The normalized spacial score (nSPS) is 16.7. The summed E-state index contributed by atoms with van der Waals surface area (Å²) in [6, 6.07) is 2.60. The van der Waals surface area contributed by atoms with Gasteiger partial charge in [0.1, 0.15) is 6.04 Å². The summed E-state index contributed by atoms with van der Waals surface area (Å²) in [4.78, 5) is 14.4. The van der Waals surface area contributed by atoms with E-state index in [1.165, 1.54) is 6.07 Å². The van der Waals surface area contributed by atoms with Crippen LogP contribution in [0.3, 0.4) is 0 Å². The molecule has 7 heteroatoms. The smallest absolute Gasteiger partial charge is 0.372 e. The number of carbonyl (C=O) groups is 1. The van der Waals surface area contributed by atoms with Gasteiger partial charge in [-0.25, -0.2) is 0 Å². The number of likely N-dealkylation sites (tertiary alicyclic amines) is 1. The van der Waals surface area contributed by atoms with Crippen LogP contribution in [0, 0.1) is 5.92 Å². The molecule has 2 rings (SSSR count). The number of hydrogen-bond acceptors (Lipinski definition) is 2. The molecule has 1 aromatic carbocycles. The average molecular weight is 349 g/mol. The second kappa shape index (κ2) is 6.99. The van der Waals surface area contributed by atoms with E-state index in [0.29, 0.717) is 5.69 Å². The van der Waals surface area contributed by atoms with Gasteiger partial charge >= 0.3 is 6.18 Å². The molecule has 1 heterocycles. The predicted octanol–water partition coefficient (Wildman–Crippen LogP) is 4.42. The molecule has 1 fully saturated rings. The van der Waals surface area contributed by atoms with E-state index < -0.39 is 17.8 Å². The second-order valence-electron chi connectivity index (χ2n) is 6.09. The van der Waals surface area contributed by atoms with Gasteiger partial charge in [-0.15, -0.1) is 0 Å². The summed E-state index contributed by atoms with van der Waals surface area (Å²) in [7, 11) is 0. The SMILES string of the molecule is CC(C)C(Nc1ccc(C(F)(F)F)cc1Cl)C(=O)N1CCCC1. The first-order chi connectivity index (χ1) is 10.7. The van der Waals surface area contributed by atoms with Crippen molar-refractivity contribution in [1.82, 2.24) is 4.90 Å². The van der Waals surface area contributed by atoms with Crippen LogP contribution in [0.25, 0.3) is 0 Å². The number of benzene rings is 1. The number of halogens is 4. The van der Waals surface area contributed by atoms with Crippen molar-refractivity contribution in [2.45, 2.75) is 38.9 Å². The minimum absolute atomic E-state index is 0.0125. The Morgan fingerprint density at radius 3 is 2.35 bits per heavy atom. The Labute approximate surface area is 138 Å². The van der Waals surface area contributed by atoms with Crippen molar-refractivity contribution in [1.29, 1.82) is 0 Å². The molecular weight excluding hydrogens is 329 g/mol. The first-order valence-electron chi connectivity index (χ1n) is 7.62. The van der Waals surface area contributed by atoms with Crippen LogP contribution in [0.2, 0.25) is 5.02 Å². The molecule has 1 saturated heterocycles. The number of rotatable bonds is 4. The number of anilines is 1. The number of alkyl halides is 3. The number of nitrogens with one attached hydrogen (secondary N) is 1. The number of hydrogen-bond donors (Lipinski definition) is 1. The van der Waals surface area contributed by atoms with Crippen molar-refractivity contribution in [2.24, 2.45) is 5.92 Å². The highest BCUT2D eigenvalue weighted by Crippen LogP contribution is 2.34. The molecule has 0 aliphatic carbocycles. The zero-order chi connectivity index (χ0) is 17.2. The van der Waals surface area contributed by atoms with Gasteiger partial charge in [-0.3, -0.25) is 4.79 Å². The molecule has 1 aliphatic rings. The van der Waals surface area contributed by atoms with Crippen LogP contribution in [-0.2, 0) is 11.0 Å². The van der Waals surface area contributed by atoms with Crippen LogP contribution in [0.15, 0.2) is 18.2 Å². The first-order valence-corrected chi connectivity index (χ1v) is 8.00. The number of amides is 1. The molecule has 0 spiro atoms. The van der Waals surface area contributed by atoms with Gasteiger partial charge in [0.25, 0.3) is 0 Å². The summed E-state index contributed by atoms with van der Waals surface area (Å²) >= 11 is 5.96. The average Bonchev–Trinajstić information content (AvgIpc) is 2.98. The van der Waals surface area contributed by atoms with E-state index in [0.717, 1.165) is 38.1 Å². The van der Waals surface area contributed by atoms with Crippen LogP contribution in [0.4, 0.5) is 18.9 Å². The van der Waals surface area contributed by atoms with E-state index in [4.69, 9.17) is 11.6 Å². The Bertz CT molecular complexity index is 569. The maximum Gasteiger partial charge on any atom is 0.416 e. The van der Waals surface area contributed by atoms with Crippen molar-refractivity contribution in [3.8, 4) is 0 Å². The summed E-state index contributed by atoms with van der Waals surface area (Å²) in [6.07, 6.45) is -2.47. The largest absolute Gasteiger partial charge is 0.416 e. The maximum atomic E-state index is 12.7. The van der Waals surface area contributed by atoms with Gasteiger partial charge in [0.15, 0.2) is 0 Å². The fourth-order valence-corrected chi connectivity index (χ4v) is 2.86. The molecule has 0 saturated carbocycles. The van der Waals surface area contributed by atoms with Crippen molar-refractivity contribution >= 4 is 23.2 Å². The first kappa shape index (κ1) is 17.9. The van der Waals surface area contributed by atoms with Crippen LogP contribution >= 0.6 is 11.6 Å². The molecule has 3 nitrogen and oxygen atoms in total. The Morgan fingerprint density at radius 2 is 1.87 bits per heavy atom. The highest BCUT2D eigenvalue weighted by Gasteiger charge is 2.32. The van der Waals surface area contributed by atoms with E-state index >= 15 is 0 Å². The van der Waals surface area contributed by atoms with Crippen molar-refractivity contribution < 1.29 is 18.0 Å². The summed E-state index contributed by atoms with van der Waals surface area (Å²) in [5.74, 6) is -0.0464. The van der Waals surface area contributed by atoms with Gasteiger partial charge in [0.05, 0.1) is 16.3 Å². The number of nitrogens with zero attached hydrogens (tertiary/aromatic N) is 1. The summed E-state index contributed by atoms with van der Waals surface area (Å²) in [6.45, 7) is 5.24. The maximum absolute atomic E-state index is 12.7. The molecule has 23 heavy (non-hydrogen) atoms. The standard InChI is InChI=1S/C16H20ClF3N2O/c1-10(2)14(15(23)22-7-3-4-8-22)21-13-6-5-11(9-12(13)17)16(18,19)20/h5-6,9-10,14,21H,3-4,7-8H2,1-2H3. The molecule has 0 bridgehead atoms. The zero-order valence-corrected chi connectivity index (χ0v) is 13.8. The number of carbonyl (C=O) groups excluding carboxylic acids is 1. The Balaban J connectivity index is 2.18. The molecule has 0 radical (unpaired) electrons. The van der Waals surface area contributed by atoms with Gasteiger partial charge in [-0.2, -0.15) is 13.2 Å². The Kier molecular flexibility index (Phi) is 5.45. The van der Waals surface area contributed by atoms with E-state index in [2.05, 4.69) is 5.32 Å². The molecule has 1 amide bonds. The molecule has 0 aromatic heterocycles. The van der Waals surface area contributed by atoms with Crippen molar-refractivity contribution in [2.75, 3.05) is 18.4 Å². The molecule has 1 atom stereocenters. The monoisotopic (exact) mass is 348 g/mol. The third-order valence-electron chi connectivity index (χ3n) is 3.96. The summed E-state index contributed by atoms with van der Waals surface area (Å²) in [5.41, 5.74) is -0.467. The molecule has 1 aromatic rings. The summed E-state index contributed by atoms with van der Waals surface area (Å²) in [5, 5.41) is 2.97. The van der Waals surface area contributed by atoms with E-state index in [1.807, 2.05) is 13.8 Å². The fraction of sp³-hybridized carbons (Fsp3) is 0.562. The zero-order valence-electron chi connectivity index (χ0n) is 13.1. The van der Waals surface area contributed by atoms with Gasteiger partial charge < -0.3 is 10.2 Å². The lowest BCUT2D eigenvalue weighted by Crippen LogP contribution is -2.44. The minimum atomic E-state index is -4.44. The topological polar surface area (TPSA) is 32.3 Å². The molecule has 1 aliphatic heterocycles. The van der Waals surface area contributed by atoms with Gasteiger partial charge in [0, 0.05) is 13.1 Å². The third kappa shape index (κ3) is 4.31. The Morgan fingerprint density at radius 1 is 1.26 bits per heavy atom. The predicted molar refractivity (Wildman–Crippen MR) is 84.5 cm³/mol.